The number of nitrogens with two attached hydrogens (primary N) is 1. The minimum atomic E-state index is -1.18. The van der Waals surface area contributed by atoms with Gasteiger partial charge in [-0.15, -0.1) is 0 Å². The zero-order chi connectivity index (χ0) is 8.73. The SMILES string of the molecule is C[C@@H](O)[C@H](N)C(=O)O.[O]O. The maximum Gasteiger partial charge on any atom is 0.323 e. The third kappa shape index (κ3) is 5.45. The van der Waals surface area contributed by atoms with Crippen LogP contribution >= 0.6 is 0 Å². The van der Waals surface area contributed by atoms with Gasteiger partial charge < -0.3 is 15.9 Å². The van der Waals surface area contributed by atoms with Gasteiger partial charge in [0.2, 0.25) is 0 Å². The number of carboxylic acids is 1. The quantitative estimate of drug-likeness (QED) is 0.288. The van der Waals surface area contributed by atoms with Gasteiger partial charge in [0.15, 0.2) is 0 Å². The minimum Gasteiger partial charge on any atom is -0.480 e. The van der Waals surface area contributed by atoms with Crippen LogP contribution in [-0.4, -0.2) is 33.6 Å². The summed E-state index contributed by atoms with van der Waals surface area (Å²) in [6, 6.07) is -1.16. The first-order valence-electron chi connectivity index (χ1n) is 2.40. The Morgan fingerprint density at radius 2 is 1.80 bits per heavy atom. The molecule has 61 valence electrons. The fraction of sp³-hybridized carbons (Fsp3) is 0.750. The van der Waals surface area contributed by atoms with Gasteiger partial charge in [0.05, 0.1) is 6.10 Å². The van der Waals surface area contributed by atoms with Crippen molar-refractivity contribution in [1.82, 2.24) is 0 Å². The molecule has 0 fully saturated rings. The van der Waals surface area contributed by atoms with Crippen molar-refractivity contribution in [3.8, 4) is 0 Å². The van der Waals surface area contributed by atoms with E-state index in [1.54, 1.807) is 0 Å². The Kier molecular flexibility index (Phi) is 7.74. The Hall–Kier alpha value is -0.690. The maximum absolute atomic E-state index is 9.86. The second kappa shape index (κ2) is 6.43. The molecular weight excluding hydrogens is 142 g/mol. The van der Waals surface area contributed by atoms with Crippen molar-refractivity contribution in [2.45, 2.75) is 19.1 Å². The van der Waals surface area contributed by atoms with Crippen molar-refractivity contribution in [2.24, 2.45) is 5.73 Å². The van der Waals surface area contributed by atoms with Gasteiger partial charge in [0.25, 0.3) is 0 Å². The summed E-state index contributed by atoms with van der Waals surface area (Å²) in [7, 11) is 0. The molecule has 0 spiro atoms. The van der Waals surface area contributed by atoms with E-state index in [1.807, 2.05) is 0 Å². The predicted octanol–water partition coefficient (Wildman–Crippen LogP) is -1.33. The number of rotatable bonds is 2. The van der Waals surface area contributed by atoms with Crippen LogP contribution in [0.25, 0.3) is 0 Å². The van der Waals surface area contributed by atoms with E-state index < -0.39 is 18.1 Å². The van der Waals surface area contributed by atoms with Crippen molar-refractivity contribution >= 4 is 5.97 Å². The number of aliphatic hydroxyl groups is 1. The highest BCUT2D eigenvalue weighted by molar-refractivity contribution is 5.73. The van der Waals surface area contributed by atoms with Crippen LogP contribution in [0.3, 0.4) is 0 Å². The van der Waals surface area contributed by atoms with E-state index in [0.29, 0.717) is 0 Å². The number of aliphatic hydroxyl groups excluding tert-OH is 1. The fourth-order valence-corrected chi connectivity index (χ4v) is 0.206. The minimum absolute atomic E-state index is 0.979. The highest BCUT2D eigenvalue weighted by atomic mass is 17.0. The second-order valence-corrected chi connectivity index (χ2v) is 1.60. The second-order valence-electron chi connectivity index (χ2n) is 1.60. The zero-order valence-electron chi connectivity index (χ0n) is 5.39. The summed E-state index contributed by atoms with van der Waals surface area (Å²) in [5.74, 6) is -1.18. The summed E-state index contributed by atoms with van der Waals surface area (Å²) < 4.78 is 0. The van der Waals surface area contributed by atoms with Crippen LogP contribution in [0.4, 0.5) is 0 Å². The van der Waals surface area contributed by atoms with Crippen LogP contribution in [0.2, 0.25) is 0 Å². The van der Waals surface area contributed by atoms with Gasteiger partial charge in [0.1, 0.15) is 6.04 Å². The first-order chi connectivity index (χ1) is 4.55. The summed E-state index contributed by atoms with van der Waals surface area (Å²) >= 11 is 0. The van der Waals surface area contributed by atoms with Gasteiger partial charge in [-0.25, -0.2) is 5.26 Å². The number of hydrogen-bond acceptors (Lipinski definition) is 4. The van der Waals surface area contributed by atoms with E-state index in [1.165, 1.54) is 6.92 Å². The van der Waals surface area contributed by atoms with Crippen LogP contribution in [0.5, 0.6) is 0 Å². The molecule has 0 aromatic carbocycles. The molecule has 1 radical (unpaired) electrons. The van der Waals surface area contributed by atoms with E-state index in [-0.39, 0.29) is 0 Å². The third-order valence-electron chi connectivity index (χ3n) is 0.805. The first-order valence-corrected chi connectivity index (χ1v) is 2.40. The highest BCUT2D eigenvalue weighted by Crippen LogP contribution is 1.85. The third-order valence-corrected chi connectivity index (χ3v) is 0.805. The lowest BCUT2D eigenvalue weighted by molar-refractivity contribution is -0.247. The molecule has 0 amide bonds. The van der Waals surface area contributed by atoms with Gasteiger partial charge >= 0.3 is 5.97 Å². The Morgan fingerprint density at radius 1 is 1.50 bits per heavy atom. The fourth-order valence-electron chi connectivity index (χ4n) is 0.206. The normalized spacial score (nSPS) is 14.5. The lowest BCUT2D eigenvalue weighted by Gasteiger charge is -2.06. The molecule has 0 aliphatic rings. The molecule has 0 rings (SSSR count). The van der Waals surface area contributed by atoms with Crippen LogP contribution in [-0.2, 0) is 10.1 Å². The molecule has 0 saturated heterocycles. The summed E-state index contributed by atoms with van der Waals surface area (Å²) in [6.07, 6.45) is -0.979. The molecule has 0 heterocycles. The maximum atomic E-state index is 9.86. The van der Waals surface area contributed by atoms with Gasteiger partial charge in [-0.3, -0.25) is 4.79 Å². The zero-order valence-corrected chi connectivity index (χ0v) is 5.39. The molecule has 0 aliphatic carbocycles. The highest BCUT2D eigenvalue weighted by Gasteiger charge is 2.16. The van der Waals surface area contributed by atoms with Crippen molar-refractivity contribution < 1.29 is 25.5 Å². The van der Waals surface area contributed by atoms with Crippen LogP contribution in [0.15, 0.2) is 0 Å². The van der Waals surface area contributed by atoms with Crippen LogP contribution in [0.1, 0.15) is 6.92 Å². The molecule has 0 unspecified atom stereocenters. The topological polar surface area (TPSA) is 124 Å². The number of hydrogen-bond donors (Lipinski definition) is 4. The molecule has 6 nitrogen and oxygen atoms in total. The molecule has 0 aromatic heterocycles. The van der Waals surface area contributed by atoms with E-state index in [4.69, 9.17) is 26.5 Å². The van der Waals surface area contributed by atoms with Gasteiger partial charge in [0, 0.05) is 0 Å². The largest absolute Gasteiger partial charge is 0.480 e. The van der Waals surface area contributed by atoms with Gasteiger partial charge in [-0.05, 0) is 12.2 Å². The Balaban J connectivity index is 0. The van der Waals surface area contributed by atoms with Crippen molar-refractivity contribution in [1.29, 1.82) is 0 Å². The summed E-state index contributed by atoms with van der Waals surface area (Å²) in [6.45, 7) is 1.33. The Bertz CT molecular complexity index is 93.6. The molecule has 2 atom stereocenters. The van der Waals surface area contributed by atoms with Crippen molar-refractivity contribution in [2.75, 3.05) is 0 Å². The summed E-state index contributed by atoms with van der Waals surface area (Å²) in [4.78, 5) is 9.86. The Labute approximate surface area is 57.4 Å². The number of aliphatic carboxylic acids is 1. The van der Waals surface area contributed by atoms with Crippen molar-refractivity contribution in [3.63, 3.8) is 0 Å². The first kappa shape index (κ1) is 12.0. The van der Waals surface area contributed by atoms with Gasteiger partial charge in [-0.1, -0.05) is 0 Å². The molecule has 0 aliphatic heterocycles. The standard InChI is InChI=1S/C4H9NO3.HO2/c1-2(6)3(5)4(7)8;1-2/h2-3,6H,5H2,1H3,(H,7,8);1H/t2-,3+;/m1./s1. The van der Waals surface area contributed by atoms with Crippen molar-refractivity contribution in [3.05, 3.63) is 0 Å². The molecule has 0 bridgehead atoms. The smallest absolute Gasteiger partial charge is 0.323 e. The molecule has 0 saturated carbocycles. The van der Waals surface area contributed by atoms with E-state index >= 15 is 0 Å². The molecular formula is C4H10NO5. The molecule has 5 N–H and O–H groups in total. The number of carbonyl (C=O) groups is 1. The summed E-state index contributed by atoms with van der Waals surface area (Å²) in [5, 5.41) is 29.6. The van der Waals surface area contributed by atoms with Crippen LogP contribution < -0.4 is 5.73 Å². The molecule has 10 heavy (non-hydrogen) atoms. The monoisotopic (exact) mass is 152 g/mol. The molecule has 6 heteroatoms. The summed E-state index contributed by atoms with van der Waals surface area (Å²) in [5.41, 5.74) is 4.91. The lowest BCUT2D eigenvalue weighted by Crippen LogP contribution is -2.39. The molecule has 0 aromatic rings. The van der Waals surface area contributed by atoms with E-state index in [0.717, 1.165) is 0 Å². The average Bonchev–Trinajstić information content (AvgIpc) is 1.90. The van der Waals surface area contributed by atoms with E-state index in [2.05, 4.69) is 0 Å². The van der Waals surface area contributed by atoms with Crippen LogP contribution in [0, 0.1) is 0 Å². The van der Waals surface area contributed by atoms with Gasteiger partial charge in [-0.2, -0.15) is 0 Å². The average molecular weight is 152 g/mol. The predicted molar refractivity (Wildman–Crippen MR) is 30.6 cm³/mol. The number of carboxylic acid groups (broad SMARTS) is 1. The van der Waals surface area contributed by atoms with E-state index in [9.17, 15) is 4.79 Å². The Morgan fingerprint density at radius 3 is 1.80 bits per heavy atom. The lowest BCUT2D eigenvalue weighted by atomic mass is 10.2.